The number of hydrogen-bond donors (Lipinski definition) is 2. The number of aromatic amines is 1. The zero-order chi connectivity index (χ0) is 11.3. The Bertz CT molecular complexity index is 363. The topological polar surface area (TPSA) is 61.0 Å². The highest BCUT2D eigenvalue weighted by Gasteiger charge is 2.03. The van der Waals surface area contributed by atoms with E-state index in [1.54, 1.807) is 0 Å². The molecule has 0 bridgehead atoms. The van der Waals surface area contributed by atoms with E-state index in [4.69, 9.17) is 11.6 Å². The van der Waals surface area contributed by atoms with Gasteiger partial charge >= 0.3 is 0 Å². The first-order chi connectivity index (χ1) is 7.11. The van der Waals surface area contributed by atoms with Crippen molar-refractivity contribution in [2.75, 3.05) is 32.5 Å². The molecule has 0 aliphatic carbocycles. The first-order valence-corrected chi connectivity index (χ1v) is 5.11. The maximum atomic E-state index is 11.1. The molecule has 5 nitrogen and oxygen atoms in total. The Kier molecular flexibility index (Phi) is 4.58. The second-order valence-corrected chi connectivity index (χ2v) is 3.89. The molecule has 0 atom stereocenters. The van der Waals surface area contributed by atoms with Crippen LogP contribution in [-0.2, 0) is 0 Å². The fourth-order valence-electron chi connectivity index (χ4n) is 1.13. The van der Waals surface area contributed by atoms with Gasteiger partial charge in [-0.3, -0.25) is 4.79 Å². The van der Waals surface area contributed by atoms with E-state index < -0.39 is 0 Å². The Morgan fingerprint density at radius 2 is 2.33 bits per heavy atom. The van der Waals surface area contributed by atoms with Crippen LogP contribution < -0.4 is 10.9 Å². The van der Waals surface area contributed by atoms with Gasteiger partial charge in [0.25, 0.3) is 5.56 Å². The molecule has 2 N–H and O–H groups in total. The molecule has 15 heavy (non-hydrogen) atoms. The van der Waals surface area contributed by atoms with Crippen molar-refractivity contribution in [3.05, 3.63) is 21.6 Å². The Labute approximate surface area is 93.4 Å². The van der Waals surface area contributed by atoms with Gasteiger partial charge in [-0.1, -0.05) is 11.6 Å². The van der Waals surface area contributed by atoms with Crippen molar-refractivity contribution in [2.24, 2.45) is 0 Å². The van der Waals surface area contributed by atoms with E-state index in [-0.39, 0.29) is 10.6 Å². The number of halogens is 1. The molecule has 0 spiro atoms. The summed E-state index contributed by atoms with van der Waals surface area (Å²) >= 11 is 5.78. The van der Waals surface area contributed by atoms with Crippen molar-refractivity contribution in [3.8, 4) is 0 Å². The molecule has 1 heterocycles. The molecular formula is C9H15ClN4O. The van der Waals surface area contributed by atoms with Crippen LogP contribution in [0.25, 0.3) is 0 Å². The van der Waals surface area contributed by atoms with Crippen LogP contribution >= 0.6 is 11.6 Å². The van der Waals surface area contributed by atoms with Gasteiger partial charge in [-0.2, -0.15) is 5.10 Å². The zero-order valence-electron chi connectivity index (χ0n) is 8.88. The quantitative estimate of drug-likeness (QED) is 0.735. The number of aromatic nitrogens is 2. The van der Waals surface area contributed by atoms with E-state index in [2.05, 4.69) is 20.4 Å². The molecule has 0 amide bonds. The normalized spacial score (nSPS) is 10.7. The van der Waals surface area contributed by atoms with E-state index in [1.165, 1.54) is 6.20 Å². The van der Waals surface area contributed by atoms with Gasteiger partial charge in [-0.15, -0.1) is 0 Å². The Morgan fingerprint density at radius 3 is 3.00 bits per heavy atom. The highest BCUT2D eigenvalue weighted by Crippen LogP contribution is 2.13. The predicted molar refractivity (Wildman–Crippen MR) is 61.5 cm³/mol. The maximum absolute atomic E-state index is 11.1. The maximum Gasteiger partial charge on any atom is 0.285 e. The molecular weight excluding hydrogens is 216 g/mol. The van der Waals surface area contributed by atoms with Crippen molar-refractivity contribution in [1.82, 2.24) is 15.1 Å². The molecule has 0 aliphatic heterocycles. The number of anilines is 1. The molecule has 1 rings (SSSR count). The molecule has 1 aromatic heterocycles. The summed E-state index contributed by atoms with van der Waals surface area (Å²) in [6.07, 6.45) is 2.50. The summed E-state index contributed by atoms with van der Waals surface area (Å²) in [5.74, 6) is 0. The van der Waals surface area contributed by atoms with E-state index in [0.717, 1.165) is 19.5 Å². The van der Waals surface area contributed by atoms with Crippen LogP contribution in [0.5, 0.6) is 0 Å². The lowest BCUT2D eigenvalue weighted by Crippen LogP contribution is -2.17. The van der Waals surface area contributed by atoms with Crippen LogP contribution in [-0.4, -0.2) is 42.3 Å². The van der Waals surface area contributed by atoms with Crippen LogP contribution in [0.15, 0.2) is 11.0 Å². The summed E-state index contributed by atoms with van der Waals surface area (Å²) in [7, 11) is 4.03. The molecule has 0 saturated carbocycles. The smallest absolute Gasteiger partial charge is 0.285 e. The van der Waals surface area contributed by atoms with Crippen molar-refractivity contribution in [3.63, 3.8) is 0 Å². The average molecular weight is 231 g/mol. The number of nitrogens with one attached hydrogen (secondary N) is 2. The summed E-state index contributed by atoms with van der Waals surface area (Å²) < 4.78 is 0. The first-order valence-electron chi connectivity index (χ1n) is 4.73. The number of nitrogens with zero attached hydrogens (tertiary/aromatic N) is 2. The van der Waals surface area contributed by atoms with Crippen molar-refractivity contribution < 1.29 is 0 Å². The second-order valence-electron chi connectivity index (χ2n) is 3.51. The SMILES string of the molecule is CN(C)CCCNc1cn[nH]c(=O)c1Cl. The average Bonchev–Trinajstić information content (AvgIpc) is 2.18. The summed E-state index contributed by atoms with van der Waals surface area (Å²) in [6, 6.07) is 0. The minimum absolute atomic E-state index is 0.162. The third-order valence-corrected chi connectivity index (χ3v) is 2.27. The van der Waals surface area contributed by atoms with Gasteiger partial charge in [0, 0.05) is 6.54 Å². The van der Waals surface area contributed by atoms with Gasteiger partial charge in [-0.25, -0.2) is 5.10 Å². The van der Waals surface area contributed by atoms with Crippen LogP contribution in [0.3, 0.4) is 0 Å². The summed E-state index contributed by atoms with van der Waals surface area (Å²) in [4.78, 5) is 13.2. The fourth-order valence-corrected chi connectivity index (χ4v) is 1.28. The third-order valence-electron chi connectivity index (χ3n) is 1.89. The van der Waals surface area contributed by atoms with E-state index in [1.807, 2.05) is 14.1 Å². The van der Waals surface area contributed by atoms with Gasteiger partial charge in [0.2, 0.25) is 0 Å². The van der Waals surface area contributed by atoms with Crippen molar-refractivity contribution in [1.29, 1.82) is 0 Å². The third kappa shape index (κ3) is 3.89. The van der Waals surface area contributed by atoms with Gasteiger partial charge in [0.15, 0.2) is 0 Å². The van der Waals surface area contributed by atoms with Crippen LogP contribution in [0, 0.1) is 0 Å². The van der Waals surface area contributed by atoms with Crippen LogP contribution in [0.1, 0.15) is 6.42 Å². The van der Waals surface area contributed by atoms with E-state index in [0.29, 0.717) is 5.69 Å². The highest BCUT2D eigenvalue weighted by atomic mass is 35.5. The fraction of sp³-hybridized carbons (Fsp3) is 0.556. The lowest BCUT2D eigenvalue weighted by molar-refractivity contribution is 0.405. The Balaban J connectivity index is 2.44. The lowest BCUT2D eigenvalue weighted by Gasteiger charge is -2.10. The summed E-state index contributed by atoms with van der Waals surface area (Å²) in [5, 5.41) is 9.16. The van der Waals surface area contributed by atoms with Gasteiger partial charge in [-0.05, 0) is 27.1 Å². The molecule has 0 aromatic carbocycles. The molecule has 84 valence electrons. The molecule has 0 saturated heterocycles. The first kappa shape index (κ1) is 12.0. The largest absolute Gasteiger partial charge is 0.382 e. The lowest BCUT2D eigenvalue weighted by atomic mass is 10.4. The summed E-state index contributed by atoms with van der Waals surface area (Å²) in [5.41, 5.74) is 0.216. The molecule has 6 heteroatoms. The van der Waals surface area contributed by atoms with Gasteiger partial charge < -0.3 is 10.2 Å². The highest BCUT2D eigenvalue weighted by molar-refractivity contribution is 6.32. The molecule has 0 fully saturated rings. The van der Waals surface area contributed by atoms with Crippen molar-refractivity contribution in [2.45, 2.75) is 6.42 Å². The second kappa shape index (κ2) is 5.72. The van der Waals surface area contributed by atoms with E-state index in [9.17, 15) is 4.79 Å². The standard InChI is InChI=1S/C9H15ClN4O/c1-14(2)5-3-4-11-7-6-12-13-9(15)8(7)10/h6H,3-5H2,1-2H3,(H2,11,13,15). The van der Waals surface area contributed by atoms with E-state index >= 15 is 0 Å². The number of rotatable bonds is 5. The molecule has 0 aliphatic rings. The molecule has 0 unspecified atom stereocenters. The van der Waals surface area contributed by atoms with Crippen molar-refractivity contribution >= 4 is 17.3 Å². The Hall–Kier alpha value is -1.07. The zero-order valence-corrected chi connectivity index (χ0v) is 9.64. The van der Waals surface area contributed by atoms with Gasteiger partial charge in [0.05, 0.1) is 11.9 Å². The Morgan fingerprint density at radius 1 is 1.60 bits per heavy atom. The molecule has 1 aromatic rings. The van der Waals surface area contributed by atoms with Crippen LogP contribution in [0.4, 0.5) is 5.69 Å². The number of H-pyrrole nitrogens is 1. The molecule has 0 radical (unpaired) electrons. The number of hydrogen-bond acceptors (Lipinski definition) is 4. The minimum atomic E-state index is -0.366. The van der Waals surface area contributed by atoms with Crippen LogP contribution in [0.2, 0.25) is 5.02 Å². The predicted octanol–water partition coefficient (Wildman–Crippen LogP) is 0.787. The minimum Gasteiger partial charge on any atom is -0.382 e. The van der Waals surface area contributed by atoms with Gasteiger partial charge in [0.1, 0.15) is 5.02 Å². The summed E-state index contributed by atoms with van der Waals surface area (Å²) in [6.45, 7) is 1.75. The monoisotopic (exact) mass is 230 g/mol.